The molecule has 2 heterocycles. The van der Waals surface area contributed by atoms with Crippen molar-refractivity contribution in [2.75, 3.05) is 6.54 Å². The lowest BCUT2D eigenvalue weighted by Gasteiger charge is -2.12. The van der Waals surface area contributed by atoms with E-state index in [0.717, 1.165) is 11.1 Å². The smallest absolute Gasteiger partial charge is 0.271 e. The highest BCUT2D eigenvalue weighted by Crippen LogP contribution is 2.19. The van der Waals surface area contributed by atoms with Crippen molar-refractivity contribution in [1.82, 2.24) is 14.9 Å². The van der Waals surface area contributed by atoms with Crippen molar-refractivity contribution in [3.8, 4) is 0 Å². The Labute approximate surface area is 114 Å². The summed E-state index contributed by atoms with van der Waals surface area (Å²) in [6, 6.07) is 0.562. The zero-order valence-electron chi connectivity index (χ0n) is 10.8. The molecule has 19 heavy (non-hydrogen) atoms. The molecule has 3 rings (SSSR count). The normalized spacial score (nSPS) is 16.9. The molecule has 1 aliphatic rings. The van der Waals surface area contributed by atoms with Crippen LogP contribution in [-0.4, -0.2) is 33.3 Å². The summed E-state index contributed by atoms with van der Waals surface area (Å²) in [5.41, 5.74) is 1.74. The minimum Gasteiger partial charge on any atom is -0.390 e. The largest absolute Gasteiger partial charge is 0.390 e. The fraction of sp³-hybridized carbons (Fsp3) is 0.538. The third kappa shape index (κ3) is 2.70. The predicted molar refractivity (Wildman–Crippen MR) is 75.6 cm³/mol. The molecule has 0 bridgehead atoms. The van der Waals surface area contributed by atoms with E-state index in [1.807, 2.05) is 12.3 Å². The number of fused-ring (bicyclic) bond motifs is 1. The van der Waals surface area contributed by atoms with E-state index in [-0.39, 0.29) is 5.56 Å². The maximum atomic E-state index is 12.2. The van der Waals surface area contributed by atoms with Gasteiger partial charge in [-0.3, -0.25) is 9.36 Å². The lowest BCUT2D eigenvalue weighted by atomic mass is 10.3. The Balaban J connectivity index is 1.76. The molecule has 2 aromatic heterocycles. The van der Waals surface area contributed by atoms with E-state index in [1.165, 1.54) is 35.1 Å². The third-order valence-corrected chi connectivity index (χ3v) is 4.43. The number of hydrogen-bond donors (Lipinski definition) is 2. The van der Waals surface area contributed by atoms with Crippen molar-refractivity contribution >= 4 is 21.6 Å². The summed E-state index contributed by atoms with van der Waals surface area (Å²) in [4.78, 5) is 16.5. The molecule has 0 amide bonds. The molecule has 0 spiro atoms. The highest BCUT2D eigenvalue weighted by Gasteiger charge is 2.21. The molecule has 6 heteroatoms. The number of nitrogens with zero attached hydrogens (tertiary/aromatic N) is 2. The molecule has 1 fully saturated rings. The molecule has 0 aromatic carbocycles. The van der Waals surface area contributed by atoms with Crippen LogP contribution in [0, 0.1) is 6.92 Å². The summed E-state index contributed by atoms with van der Waals surface area (Å²) < 4.78 is 2.17. The van der Waals surface area contributed by atoms with Gasteiger partial charge in [0, 0.05) is 12.6 Å². The van der Waals surface area contributed by atoms with Gasteiger partial charge in [-0.2, -0.15) is 0 Å². The Morgan fingerprint density at radius 2 is 2.42 bits per heavy atom. The van der Waals surface area contributed by atoms with Gasteiger partial charge in [0.2, 0.25) is 0 Å². The molecule has 1 saturated carbocycles. The fourth-order valence-corrected chi connectivity index (χ4v) is 3.02. The summed E-state index contributed by atoms with van der Waals surface area (Å²) in [6.45, 7) is 2.76. The van der Waals surface area contributed by atoms with Crippen LogP contribution in [0.2, 0.25) is 0 Å². The topological polar surface area (TPSA) is 67.2 Å². The lowest BCUT2D eigenvalue weighted by molar-refractivity contribution is 0.149. The van der Waals surface area contributed by atoms with E-state index in [0.29, 0.717) is 23.8 Å². The van der Waals surface area contributed by atoms with Crippen molar-refractivity contribution in [3.05, 3.63) is 27.6 Å². The molecule has 2 aromatic rings. The van der Waals surface area contributed by atoms with E-state index >= 15 is 0 Å². The molecule has 1 atom stereocenters. The molecule has 0 aliphatic heterocycles. The summed E-state index contributed by atoms with van der Waals surface area (Å²) in [5.74, 6) is 0. The fourth-order valence-electron chi connectivity index (χ4n) is 2.07. The molecule has 2 N–H and O–H groups in total. The molecular formula is C13H17N3O2S. The van der Waals surface area contributed by atoms with Crippen LogP contribution in [0.1, 0.15) is 18.4 Å². The Bertz CT molecular complexity index is 645. The number of thiophene rings is 1. The van der Waals surface area contributed by atoms with E-state index in [9.17, 15) is 9.90 Å². The van der Waals surface area contributed by atoms with Crippen molar-refractivity contribution in [1.29, 1.82) is 0 Å². The van der Waals surface area contributed by atoms with Crippen LogP contribution in [0.3, 0.4) is 0 Å². The summed E-state index contributed by atoms with van der Waals surface area (Å²) >= 11 is 1.42. The number of rotatable bonds is 5. The van der Waals surface area contributed by atoms with Crippen LogP contribution in [-0.2, 0) is 6.54 Å². The first-order valence-corrected chi connectivity index (χ1v) is 7.38. The maximum absolute atomic E-state index is 12.2. The molecule has 5 nitrogen and oxygen atoms in total. The van der Waals surface area contributed by atoms with Gasteiger partial charge in [0.05, 0.1) is 24.5 Å². The molecule has 1 unspecified atom stereocenters. The van der Waals surface area contributed by atoms with Crippen LogP contribution in [0.4, 0.5) is 0 Å². The number of aliphatic hydroxyl groups is 1. The Kier molecular flexibility index (Phi) is 3.38. The van der Waals surface area contributed by atoms with E-state index in [1.54, 1.807) is 0 Å². The second kappa shape index (κ2) is 5.03. The third-order valence-electron chi connectivity index (χ3n) is 3.35. The van der Waals surface area contributed by atoms with Crippen LogP contribution in [0.5, 0.6) is 0 Å². The summed E-state index contributed by atoms with van der Waals surface area (Å²) in [6.07, 6.45) is 3.35. The number of aromatic nitrogens is 2. The van der Waals surface area contributed by atoms with Crippen molar-refractivity contribution < 1.29 is 5.11 Å². The SMILES string of the molecule is Cc1csc2c(=O)n(CC(O)CNC3CC3)cnc12. The number of aliphatic hydroxyl groups excluding tert-OH is 1. The number of hydrogen-bond acceptors (Lipinski definition) is 5. The second-order valence-electron chi connectivity index (χ2n) is 5.13. The van der Waals surface area contributed by atoms with Crippen molar-refractivity contribution in [2.45, 2.75) is 38.5 Å². The van der Waals surface area contributed by atoms with Gasteiger partial charge in [-0.05, 0) is 30.7 Å². The van der Waals surface area contributed by atoms with E-state index in [2.05, 4.69) is 10.3 Å². The predicted octanol–water partition coefficient (Wildman–Crippen LogP) is 0.879. The van der Waals surface area contributed by atoms with Crippen LogP contribution < -0.4 is 10.9 Å². The van der Waals surface area contributed by atoms with Gasteiger partial charge in [0.25, 0.3) is 5.56 Å². The van der Waals surface area contributed by atoms with Gasteiger partial charge in [-0.1, -0.05) is 0 Å². The zero-order chi connectivity index (χ0) is 13.4. The van der Waals surface area contributed by atoms with E-state index in [4.69, 9.17) is 0 Å². The van der Waals surface area contributed by atoms with Gasteiger partial charge >= 0.3 is 0 Å². The first-order chi connectivity index (χ1) is 9.15. The molecule has 0 radical (unpaired) electrons. The van der Waals surface area contributed by atoms with Crippen LogP contribution in [0.25, 0.3) is 10.2 Å². The number of nitrogens with one attached hydrogen (secondary N) is 1. The second-order valence-corrected chi connectivity index (χ2v) is 6.01. The quantitative estimate of drug-likeness (QED) is 0.852. The van der Waals surface area contributed by atoms with Gasteiger partial charge in [-0.25, -0.2) is 4.98 Å². The molecule has 102 valence electrons. The van der Waals surface area contributed by atoms with Gasteiger partial charge in [0.15, 0.2) is 0 Å². The minimum atomic E-state index is -0.557. The van der Waals surface area contributed by atoms with Gasteiger partial charge < -0.3 is 10.4 Å². The van der Waals surface area contributed by atoms with E-state index < -0.39 is 6.10 Å². The van der Waals surface area contributed by atoms with Gasteiger partial charge in [0.1, 0.15) is 4.70 Å². The molecule has 0 saturated heterocycles. The number of aryl methyl sites for hydroxylation is 1. The maximum Gasteiger partial charge on any atom is 0.271 e. The average Bonchev–Trinajstić information content (AvgIpc) is 3.14. The highest BCUT2D eigenvalue weighted by molar-refractivity contribution is 7.17. The average molecular weight is 279 g/mol. The summed E-state index contributed by atoms with van der Waals surface area (Å²) in [5, 5.41) is 15.1. The van der Waals surface area contributed by atoms with Crippen molar-refractivity contribution in [3.63, 3.8) is 0 Å². The lowest BCUT2D eigenvalue weighted by Crippen LogP contribution is -2.34. The zero-order valence-corrected chi connectivity index (χ0v) is 11.6. The standard InChI is InChI=1S/C13H17N3O2S/c1-8-6-19-12-11(8)15-7-16(13(12)18)5-10(17)4-14-9-2-3-9/h6-7,9-10,14,17H,2-5H2,1H3. The first-order valence-electron chi connectivity index (χ1n) is 6.50. The van der Waals surface area contributed by atoms with Crippen molar-refractivity contribution in [2.24, 2.45) is 0 Å². The minimum absolute atomic E-state index is 0.0615. The van der Waals surface area contributed by atoms with Crippen LogP contribution in [0.15, 0.2) is 16.5 Å². The Hall–Kier alpha value is -1.24. The molecular weight excluding hydrogens is 262 g/mol. The Morgan fingerprint density at radius 3 is 3.16 bits per heavy atom. The highest BCUT2D eigenvalue weighted by atomic mass is 32.1. The first kappa shape index (κ1) is 12.8. The molecule has 1 aliphatic carbocycles. The monoisotopic (exact) mass is 279 g/mol. The van der Waals surface area contributed by atoms with Gasteiger partial charge in [-0.15, -0.1) is 11.3 Å². The van der Waals surface area contributed by atoms with Crippen LogP contribution >= 0.6 is 11.3 Å². The Morgan fingerprint density at radius 1 is 1.63 bits per heavy atom. The summed E-state index contributed by atoms with van der Waals surface area (Å²) in [7, 11) is 0.